The first-order valence-corrected chi connectivity index (χ1v) is 6.72. The SMILES string of the molecule is Cc1ccc(C(=O)C2=NNCC2c2ccccc2)cc1. The molecule has 20 heavy (non-hydrogen) atoms. The zero-order valence-electron chi connectivity index (χ0n) is 11.3. The van der Waals surface area contributed by atoms with E-state index in [4.69, 9.17) is 0 Å². The van der Waals surface area contributed by atoms with Crippen LogP contribution < -0.4 is 5.43 Å². The Bertz CT molecular complexity index is 644. The number of benzene rings is 2. The van der Waals surface area contributed by atoms with Gasteiger partial charge in [-0.1, -0.05) is 60.2 Å². The lowest BCUT2D eigenvalue weighted by atomic mass is 9.90. The Morgan fingerprint density at radius 1 is 1.10 bits per heavy atom. The lowest BCUT2D eigenvalue weighted by Crippen LogP contribution is -2.21. The number of Topliss-reactive ketones (excluding diaryl/α,β-unsaturated/α-hetero) is 1. The Hall–Kier alpha value is -2.42. The summed E-state index contributed by atoms with van der Waals surface area (Å²) in [6.07, 6.45) is 0. The van der Waals surface area contributed by atoms with Crippen molar-refractivity contribution in [3.8, 4) is 0 Å². The molecular weight excluding hydrogens is 248 g/mol. The maximum atomic E-state index is 12.6. The van der Waals surface area contributed by atoms with Crippen LogP contribution in [-0.2, 0) is 0 Å². The van der Waals surface area contributed by atoms with Crippen molar-refractivity contribution in [1.29, 1.82) is 0 Å². The van der Waals surface area contributed by atoms with Crippen LogP contribution in [0.25, 0.3) is 0 Å². The van der Waals surface area contributed by atoms with E-state index in [0.717, 1.165) is 11.1 Å². The maximum Gasteiger partial charge on any atom is 0.209 e. The van der Waals surface area contributed by atoms with Crippen molar-refractivity contribution >= 4 is 11.5 Å². The highest BCUT2D eigenvalue weighted by atomic mass is 16.1. The van der Waals surface area contributed by atoms with Gasteiger partial charge in [-0.2, -0.15) is 5.10 Å². The Labute approximate surface area is 118 Å². The third-order valence-corrected chi connectivity index (χ3v) is 3.57. The summed E-state index contributed by atoms with van der Waals surface area (Å²) in [5, 5.41) is 4.21. The molecule has 3 rings (SSSR count). The van der Waals surface area contributed by atoms with Gasteiger partial charge in [-0.3, -0.25) is 4.79 Å². The number of hydrogen-bond acceptors (Lipinski definition) is 3. The van der Waals surface area contributed by atoms with Crippen molar-refractivity contribution in [2.45, 2.75) is 12.8 Å². The van der Waals surface area contributed by atoms with E-state index in [-0.39, 0.29) is 11.7 Å². The molecule has 0 radical (unpaired) electrons. The van der Waals surface area contributed by atoms with Crippen molar-refractivity contribution in [1.82, 2.24) is 5.43 Å². The smallest absolute Gasteiger partial charge is 0.209 e. The van der Waals surface area contributed by atoms with Crippen molar-refractivity contribution in [3.05, 3.63) is 71.3 Å². The molecule has 3 heteroatoms. The number of nitrogens with one attached hydrogen (secondary N) is 1. The maximum absolute atomic E-state index is 12.6. The minimum atomic E-state index is 0.00357. The predicted octanol–water partition coefficient (Wildman–Crippen LogP) is 2.92. The van der Waals surface area contributed by atoms with Crippen LogP contribution in [0.3, 0.4) is 0 Å². The number of aryl methyl sites for hydroxylation is 1. The number of hydrazone groups is 1. The standard InChI is InChI=1S/C17H16N2O/c1-12-7-9-14(10-8-12)17(20)16-15(11-18-19-16)13-5-3-2-4-6-13/h2-10,15,18H,11H2,1H3. The first-order chi connectivity index (χ1) is 9.75. The van der Waals surface area contributed by atoms with Crippen molar-refractivity contribution in [2.24, 2.45) is 5.10 Å². The van der Waals surface area contributed by atoms with E-state index in [9.17, 15) is 4.79 Å². The number of nitrogens with zero attached hydrogens (tertiary/aromatic N) is 1. The lowest BCUT2D eigenvalue weighted by molar-refractivity contribution is 0.106. The summed E-state index contributed by atoms with van der Waals surface area (Å²) in [5.41, 5.74) is 6.51. The van der Waals surface area contributed by atoms with Gasteiger partial charge < -0.3 is 5.43 Å². The van der Waals surface area contributed by atoms with E-state index >= 15 is 0 Å². The fourth-order valence-corrected chi connectivity index (χ4v) is 2.42. The van der Waals surface area contributed by atoms with Gasteiger partial charge in [0.25, 0.3) is 0 Å². The van der Waals surface area contributed by atoms with Gasteiger partial charge >= 0.3 is 0 Å². The normalized spacial score (nSPS) is 17.4. The lowest BCUT2D eigenvalue weighted by Gasteiger charge is -2.11. The van der Waals surface area contributed by atoms with E-state index in [1.165, 1.54) is 0 Å². The number of carbonyl (C=O) groups is 1. The van der Waals surface area contributed by atoms with E-state index in [2.05, 4.69) is 10.5 Å². The monoisotopic (exact) mass is 264 g/mol. The summed E-state index contributed by atoms with van der Waals surface area (Å²) in [6.45, 7) is 2.69. The average molecular weight is 264 g/mol. The predicted molar refractivity (Wildman–Crippen MR) is 80.1 cm³/mol. The second-order valence-electron chi connectivity index (χ2n) is 5.02. The summed E-state index contributed by atoms with van der Waals surface area (Å²) in [5.74, 6) is 0.0360. The van der Waals surface area contributed by atoms with Crippen LogP contribution >= 0.6 is 0 Å². The molecular formula is C17H16N2O. The molecule has 0 aliphatic carbocycles. The van der Waals surface area contributed by atoms with Gasteiger partial charge in [-0.25, -0.2) is 0 Å². The molecule has 100 valence electrons. The van der Waals surface area contributed by atoms with Crippen molar-refractivity contribution in [2.75, 3.05) is 6.54 Å². The summed E-state index contributed by atoms with van der Waals surface area (Å²) >= 11 is 0. The highest BCUT2D eigenvalue weighted by molar-refractivity contribution is 6.48. The van der Waals surface area contributed by atoms with E-state index in [1.54, 1.807) is 0 Å². The molecule has 0 spiro atoms. The van der Waals surface area contributed by atoms with E-state index in [0.29, 0.717) is 17.8 Å². The van der Waals surface area contributed by atoms with E-state index in [1.807, 2.05) is 61.5 Å². The minimum absolute atomic E-state index is 0.00357. The fraction of sp³-hybridized carbons (Fsp3) is 0.176. The zero-order valence-corrected chi connectivity index (χ0v) is 11.3. The van der Waals surface area contributed by atoms with Crippen molar-refractivity contribution < 1.29 is 4.79 Å². The van der Waals surface area contributed by atoms with Gasteiger partial charge in [0.1, 0.15) is 5.71 Å². The molecule has 0 bridgehead atoms. The van der Waals surface area contributed by atoms with Gasteiger partial charge in [-0.05, 0) is 12.5 Å². The largest absolute Gasteiger partial charge is 0.309 e. The van der Waals surface area contributed by atoms with Gasteiger partial charge in [0, 0.05) is 12.1 Å². The molecule has 2 aromatic carbocycles. The molecule has 1 aliphatic heterocycles. The third-order valence-electron chi connectivity index (χ3n) is 3.57. The van der Waals surface area contributed by atoms with Gasteiger partial charge in [0.15, 0.2) is 0 Å². The molecule has 1 aliphatic rings. The summed E-state index contributed by atoms with van der Waals surface area (Å²) < 4.78 is 0. The Balaban J connectivity index is 1.89. The highest BCUT2D eigenvalue weighted by Crippen LogP contribution is 2.22. The molecule has 1 heterocycles. The van der Waals surface area contributed by atoms with Crippen LogP contribution in [0.4, 0.5) is 0 Å². The Kier molecular flexibility index (Phi) is 3.33. The zero-order chi connectivity index (χ0) is 13.9. The molecule has 0 saturated carbocycles. The summed E-state index contributed by atoms with van der Waals surface area (Å²) in [6, 6.07) is 17.7. The van der Waals surface area contributed by atoms with Gasteiger partial charge in [0.05, 0.1) is 5.92 Å². The van der Waals surface area contributed by atoms with Gasteiger partial charge in [-0.15, -0.1) is 0 Å². The van der Waals surface area contributed by atoms with Crippen LogP contribution in [0.1, 0.15) is 27.4 Å². The van der Waals surface area contributed by atoms with Crippen molar-refractivity contribution in [3.63, 3.8) is 0 Å². The molecule has 0 saturated heterocycles. The fourth-order valence-electron chi connectivity index (χ4n) is 2.42. The summed E-state index contributed by atoms with van der Waals surface area (Å²) in [4.78, 5) is 12.6. The molecule has 2 aromatic rings. The van der Waals surface area contributed by atoms with Crippen LogP contribution in [0.5, 0.6) is 0 Å². The molecule has 1 unspecified atom stereocenters. The van der Waals surface area contributed by atoms with E-state index < -0.39 is 0 Å². The summed E-state index contributed by atoms with van der Waals surface area (Å²) in [7, 11) is 0. The number of hydrogen-bond donors (Lipinski definition) is 1. The van der Waals surface area contributed by atoms with Crippen LogP contribution in [0.2, 0.25) is 0 Å². The van der Waals surface area contributed by atoms with Gasteiger partial charge in [0.2, 0.25) is 5.78 Å². The second kappa shape index (κ2) is 5.29. The van der Waals surface area contributed by atoms with Crippen LogP contribution in [-0.4, -0.2) is 18.0 Å². The third kappa shape index (κ3) is 2.35. The van der Waals surface area contributed by atoms with Crippen LogP contribution in [0, 0.1) is 6.92 Å². The highest BCUT2D eigenvalue weighted by Gasteiger charge is 2.29. The number of ketones is 1. The van der Waals surface area contributed by atoms with Crippen LogP contribution in [0.15, 0.2) is 59.7 Å². The molecule has 3 nitrogen and oxygen atoms in total. The first-order valence-electron chi connectivity index (χ1n) is 6.72. The quantitative estimate of drug-likeness (QED) is 0.866. The number of rotatable bonds is 3. The topological polar surface area (TPSA) is 41.5 Å². The second-order valence-corrected chi connectivity index (χ2v) is 5.02. The molecule has 1 N–H and O–H groups in total. The average Bonchev–Trinajstić information content (AvgIpc) is 2.97. The molecule has 0 aromatic heterocycles. The minimum Gasteiger partial charge on any atom is -0.309 e. The number of carbonyl (C=O) groups excluding carboxylic acids is 1. The first kappa shape index (κ1) is 12.6. The Morgan fingerprint density at radius 3 is 2.50 bits per heavy atom. The Morgan fingerprint density at radius 2 is 1.80 bits per heavy atom. The molecule has 1 atom stereocenters. The molecule has 0 amide bonds. The molecule has 0 fully saturated rings.